The highest BCUT2D eigenvalue weighted by Gasteiger charge is 2.21. The van der Waals surface area contributed by atoms with Crippen LogP contribution in [0.25, 0.3) is 27.9 Å². The summed E-state index contributed by atoms with van der Waals surface area (Å²) < 4.78 is 14.5. The van der Waals surface area contributed by atoms with E-state index in [1.54, 1.807) is 22.4 Å². The van der Waals surface area contributed by atoms with Crippen LogP contribution in [0, 0.1) is 6.92 Å². The van der Waals surface area contributed by atoms with Gasteiger partial charge in [-0.1, -0.05) is 12.1 Å². The van der Waals surface area contributed by atoms with Crippen molar-refractivity contribution in [3.8, 4) is 17.0 Å². The molecule has 1 aromatic carbocycles. The maximum Gasteiger partial charge on any atom is 0.262 e. The average molecular weight is 391 g/mol. The first kappa shape index (κ1) is 17.8. The predicted octanol–water partition coefficient (Wildman–Crippen LogP) is 2.60. The van der Waals surface area contributed by atoms with E-state index >= 15 is 0 Å². The first-order chi connectivity index (χ1) is 14.1. The summed E-state index contributed by atoms with van der Waals surface area (Å²) in [6, 6.07) is 9.45. The van der Waals surface area contributed by atoms with Crippen LogP contribution in [0.15, 0.2) is 41.3 Å². The van der Waals surface area contributed by atoms with Crippen molar-refractivity contribution in [2.75, 3.05) is 13.7 Å². The van der Waals surface area contributed by atoms with Crippen LogP contribution >= 0.6 is 0 Å². The summed E-state index contributed by atoms with van der Waals surface area (Å²) in [5.74, 6) is 1.76. The number of nitrogens with zero attached hydrogens (tertiary/aromatic N) is 5. The molecule has 148 valence electrons. The minimum Gasteiger partial charge on any atom is -0.497 e. The van der Waals surface area contributed by atoms with Crippen LogP contribution in [-0.2, 0) is 11.3 Å². The SMILES string of the molecule is COc1cccc(-c2c3c(=O)n(CC4CCCO4)ccc3nc3nc(C)nn23)c1. The van der Waals surface area contributed by atoms with Crippen molar-refractivity contribution >= 4 is 16.7 Å². The molecule has 0 bridgehead atoms. The van der Waals surface area contributed by atoms with Crippen LogP contribution in [0.4, 0.5) is 0 Å². The second-order valence-corrected chi connectivity index (χ2v) is 7.23. The van der Waals surface area contributed by atoms with E-state index in [2.05, 4.69) is 15.1 Å². The normalized spacial score (nSPS) is 16.7. The van der Waals surface area contributed by atoms with Gasteiger partial charge in [-0.25, -0.2) is 4.98 Å². The standard InChI is InChI=1S/C21H21N5O3/c1-13-22-21-23-17-8-9-25(12-16-7-4-10-29-16)20(27)18(17)19(26(21)24-13)14-5-3-6-15(11-14)28-2/h3,5-6,8-9,11,16H,4,7,10,12H2,1-2H3. The fourth-order valence-electron chi connectivity index (χ4n) is 3.91. The molecule has 3 aromatic heterocycles. The van der Waals surface area contributed by atoms with Crippen molar-refractivity contribution in [3.05, 3.63) is 52.7 Å². The van der Waals surface area contributed by atoms with Crippen molar-refractivity contribution in [2.45, 2.75) is 32.4 Å². The molecule has 1 aliphatic heterocycles. The van der Waals surface area contributed by atoms with Gasteiger partial charge in [0.05, 0.1) is 36.4 Å². The number of fused-ring (bicyclic) bond motifs is 2. The number of pyridine rings is 1. The highest BCUT2D eigenvalue weighted by molar-refractivity contribution is 5.93. The number of aryl methyl sites for hydroxylation is 1. The molecular weight excluding hydrogens is 370 g/mol. The smallest absolute Gasteiger partial charge is 0.262 e. The van der Waals surface area contributed by atoms with E-state index < -0.39 is 0 Å². The molecule has 0 spiro atoms. The summed E-state index contributed by atoms with van der Waals surface area (Å²) in [6.45, 7) is 3.09. The Kier molecular flexibility index (Phi) is 4.28. The molecule has 0 radical (unpaired) electrons. The molecule has 1 aliphatic rings. The zero-order valence-electron chi connectivity index (χ0n) is 16.3. The number of hydrogen-bond donors (Lipinski definition) is 0. The lowest BCUT2D eigenvalue weighted by Gasteiger charge is -2.14. The van der Waals surface area contributed by atoms with Crippen molar-refractivity contribution in [2.24, 2.45) is 0 Å². The minimum absolute atomic E-state index is 0.0655. The van der Waals surface area contributed by atoms with Crippen molar-refractivity contribution < 1.29 is 9.47 Å². The Morgan fingerprint density at radius 2 is 2.17 bits per heavy atom. The number of ether oxygens (including phenoxy) is 2. The summed E-state index contributed by atoms with van der Waals surface area (Å²) in [5, 5.41) is 5.01. The van der Waals surface area contributed by atoms with Crippen LogP contribution in [-0.4, -0.2) is 44.0 Å². The van der Waals surface area contributed by atoms with Crippen molar-refractivity contribution in [1.29, 1.82) is 0 Å². The van der Waals surface area contributed by atoms with Gasteiger partial charge in [-0.3, -0.25) is 4.79 Å². The number of benzene rings is 1. The molecule has 8 heteroatoms. The third kappa shape index (κ3) is 3.05. The third-order valence-electron chi connectivity index (χ3n) is 5.28. The number of rotatable bonds is 4. The van der Waals surface area contributed by atoms with Crippen LogP contribution in [0.3, 0.4) is 0 Å². The maximum absolute atomic E-state index is 13.5. The number of methoxy groups -OCH3 is 1. The Hall–Kier alpha value is -3.26. The molecular formula is C21H21N5O3. The molecule has 4 heterocycles. The Morgan fingerprint density at radius 3 is 2.97 bits per heavy atom. The van der Waals surface area contributed by atoms with Gasteiger partial charge >= 0.3 is 0 Å². The maximum atomic E-state index is 13.5. The van der Waals surface area contributed by atoms with Crippen molar-refractivity contribution in [1.82, 2.24) is 24.1 Å². The topological polar surface area (TPSA) is 83.5 Å². The summed E-state index contributed by atoms with van der Waals surface area (Å²) >= 11 is 0. The quantitative estimate of drug-likeness (QED) is 0.532. The molecule has 0 N–H and O–H groups in total. The monoisotopic (exact) mass is 391 g/mol. The van der Waals surface area contributed by atoms with E-state index in [-0.39, 0.29) is 11.7 Å². The zero-order chi connectivity index (χ0) is 20.0. The van der Waals surface area contributed by atoms with E-state index in [0.717, 1.165) is 25.0 Å². The third-order valence-corrected chi connectivity index (χ3v) is 5.28. The van der Waals surface area contributed by atoms with Gasteiger partial charge in [-0.05, 0) is 38.0 Å². The fraction of sp³-hybridized carbons (Fsp3) is 0.333. The van der Waals surface area contributed by atoms with Gasteiger partial charge in [0.2, 0.25) is 0 Å². The first-order valence-corrected chi connectivity index (χ1v) is 9.66. The van der Waals surface area contributed by atoms with Gasteiger partial charge < -0.3 is 14.0 Å². The fourth-order valence-corrected chi connectivity index (χ4v) is 3.91. The lowest BCUT2D eigenvalue weighted by molar-refractivity contribution is 0.0963. The summed E-state index contributed by atoms with van der Waals surface area (Å²) in [7, 11) is 1.62. The minimum atomic E-state index is -0.113. The highest BCUT2D eigenvalue weighted by atomic mass is 16.5. The number of hydrogen-bond acceptors (Lipinski definition) is 6. The van der Waals surface area contributed by atoms with Gasteiger partial charge in [-0.15, -0.1) is 5.10 Å². The average Bonchev–Trinajstić information content (AvgIpc) is 3.37. The van der Waals surface area contributed by atoms with E-state index in [9.17, 15) is 4.79 Å². The van der Waals surface area contributed by atoms with Crippen LogP contribution in [0.2, 0.25) is 0 Å². The molecule has 1 saturated heterocycles. The number of aromatic nitrogens is 5. The van der Waals surface area contributed by atoms with Gasteiger partial charge in [-0.2, -0.15) is 9.50 Å². The lowest BCUT2D eigenvalue weighted by atomic mass is 10.1. The summed E-state index contributed by atoms with van der Waals surface area (Å²) in [5.41, 5.74) is 1.96. The van der Waals surface area contributed by atoms with Crippen LogP contribution in [0.1, 0.15) is 18.7 Å². The molecule has 29 heavy (non-hydrogen) atoms. The van der Waals surface area contributed by atoms with E-state index in [1.165, 1.54) is 0 Å². The van der Waals surface area contributed by atoms with Crippen LogP contribution < -0.4 is 10.3 Å². The Morgan fingerprint density at radius 1 is 1.28 bits per heavy atom. The molecule has 1 fully saturated rings. The summed E-state index contributed by atoms with van der Waals surface area (Å²) in [6.07, 6.45) is 3.85. The Bertz CT molecular complexity index is 1270. The first-order valence-electron chi connectivity index (χ1n) is 9.66. The van der Waals surface area contributed by atoms with E-state index in [4.69, 9.17) is 9.47 Å². The van der Waals surface area contributed by atoms with E-state index in [1.807, 2.05) is 37.3 Å². The molecule has 5 rings (SSSR count). The zero-order valence-corrected chi connectivity index (χ0v) is 16.3. The highest BCUT2D eigenvalue weighted by Crippen LogP contribution is 2.29. The van der Waals surface area contributed by atoms with Gasteiger partial charge in [0.15, 0.2) is 0 Å². The molecule has 8 nitrogen and oxygen atoms in total. The molecule has 0 aliphatic carbocycles. The van der Waals surface area contributed by atoms with Crippen molar-refractivity contribution in [3.63, 3.8) is 0 Å². The van der Waals surface area contributed by atoms with Gasteiger partial charge in [0.25, 0.3) is 11.3 Å². The molecule has 0 saturated carbocycles. The predicted molar refractivity (Wildman–Crippen MR) is 108 cm³/mol. The lowest BCUT2D eigenvalue weighted by Crippen LogP contribution is -2.27. The molecule has 0 amide bonds. The Balaban J connectivity index is 1.81. The van der Waals surface area contributed by atoms with E-state index in [0.29, 0.717) is 40.5 Å². The van der Waals surface area contributed by atoms with Crippen LogP contribution in [0.5, 0.6) is 5.75 Å². The Labute approximate surface area is 166 Å². The second kappa shape index (κ2) is 6.97. The molecule has 4 aromatic rings. The van der Waals surface area contributed by atoms with Gasteiger partial charge in [0, 0.05) is 18.4 Å². The summed E-state index contributed by atoms with van der Waals surface area (Å²) in [4.78, 5) is 22.5. The second-order valence-electron chi connectivity index (χ2n) is 7.23. The van der Waals surface area contributed by atoms with Gasteiger partial charge in [0.1, 0.15) is 11.6 Å². The molecule has 1 atom stereocenters. The molecule has 1 unspecified atom stereocenters. The largest absolute Gasteiger partial charge is 0.497 e.